The number of fused-ring (bicyclic) bond motifs is 1. The molecule has 8 heteroatoms. The van der Waals surface area contributed by atoms with E-state index in [0.717, 1.165) is 11.3 Å². The number of aromatic nitrogens is 2. The predicted molar refractivity (Wildman–Crippen MR) is 101 cm³/mol. The van der Waals surface area contributed by atoms with Gasteiger partial charge in [-0.2, -0.15) is 0 Å². The highest BCUT2D eigenvalue weighted by molar-refractivity contribution is 5.31. The third kappa shape index (κ3) is 4.22. The Labute approximate surface area is 161 Å². The van der Waals surface area contributed by atoms with Crippen LogP contribution in [0.4, 0.5) is 5.82 Å². The standard InChI is InChI=1S/C20H19N3O5/c24-23(25)19-12-22-11-10-18(28-20(22)21-19)14-27-17-8-6-16(7-9-17)26-13-15-4-2-1-3-5-15/h1-9,12,18H,10-11,13-14H2. The molecule has 4 rings (SSSR count). The zero-order valence-corrected chi connectivity index (χ0v) is 15.1. The van der Waals surface area contributed by atoms with E-state index in [-0.39, 0.29) is 17.9 Å². The van der Waals surface area contributed by atoms with Gasteiger partial charge in [0.25, 0.3) is 0 Å². The molecule has 1 atom stereocenters. The molecule has 0 spiro atoms. The highest BCUT2D eigenvalue weighted by Gasteiger charge is 2.28. The molecule has 8 nitrogen and oxygen atoms in total. The molecular weight excluding hydrogens is 362 g/mol. The maximum Gasteiger partial charge on any atom is 0.414 e. The first-order valence-electron chi connectivity index (χ1n) is 8.95. The molecule has 1 aromatic heterocycles. The first kappa shape index (κ1) is 17.8. The van der Waals surface area contributed by atoms with E-state index in [4.69, 9.17) is 14.2 Å². The summed E-state index contributed by atoms with van der Waals surface area (Å²) in [6.45, 7) is 1.46. The van der Waals surface area contributed by atoms with Crippen LogP contribution in [-0.2, 0) is 13.2 Å². The fourth-order valence-corrected chi connectivity index (χ4v) is 2.90. The zero-order valence-electron chi connectivity index (χ0n) is 15.1. The largest absolute Gasteiger partial charge is 0.490 e. The van der Waals surface area contributed by atoms with Crippen molar-refractivity contribution in [3.05, 3.63) is 76.5 Å². The third-order valence-corrected chi connectivity index (χ3v) is 4.39. The van der Waals surface area contributed by atoms with Crippen LogP contribution in [0.15, 0.2) is 60.8 Å². The molecule has 2 aromatic carbocycles. The number of hydrogen-bond donors (Lipinski definition) is 0. The van der Waals surface area contributed by atoms with Gasteiger partial charge in [0.1, 0.15) is 37.0 Å². The van der Waals surface area contributed by atoms with E-state index in [0.29, 0.717) is 31.9 Å². The van der Waals surface area contributed by atoms with E-state index in [1.807, 2.05) is 54.6 Å². The summed E-state index contributed by atoms with van der Waals surface area (Å²) in [4.78, 5) is 14.2. The Bertz CT molecular complexity index is 940. The Morgan fingerprint density at radius 1 is 1.11 bits per heavy atom. The van der Waals surface area contributed by atoms with E-state index < -0.39 is 4.92 Å². The molecule has 0 N–H and O–H groups in total. The molecule has 0 saturated carbocycles. The molecule has 0 amide bonds. The molecule has 0 radical (unpaired) electrons. The molecule has 2 heterocycles. The molecule has 3 aromatic rings. The van der Waals surface area contributed by atoms with Crippen molar-refractivity contribution in [2.24, 2.45) is 0 Å². The summed E-state index contributed by atoms with van der Waals surface area (Å²) in [6.07, 6.45) is 1.88. The second-order valence-corrected chi connectivity index (χ2v) is 6.42. The summed E-state index contributed by atoms with van der Waals surface area (Å²) < 4.78 is 18.9. The fraction of sp³-hybridized carbons (Fsp3) is 0.250. The molecule has 144 valence electrons. The van der Waals surface area contributed by atoms with E-state index in [2.05, 4.69) is 4.98 Å². The van der Waals surface area contributed by atoms with Gasteiger partial charge >= 0.3 is 11.8 Å². The van der Waals surface area contributed by atoms with Gasteiger partial charge < -0.3 is 24.3 Å². The van der Waals surface area contributed by atoms with Crippen LogP contribution < -0.4 is 14.2 Å². The minimum atomic E-state index is -0.526. The van der Waals surface area contributed by atoms with Crippen molar-refractivity contribution in [2.75, 3.05) is 6.61 Å². The van der Waals surface area contributed by atoms with Gasteiger partial charge in [-0.1, -0.05) is 30.3 Å². The zero-order chi connectivity index (χ0) is 19.3. The Balaban J connectivity index is 1.27. The van der Waals surface area contributed by atoms with Gasteiger partial charge in [0.05, 0.1) is 0 Å². The van der Waals surface area contributed by atoms with Crippen molar-refractivity contribution in [1.29, 1.82) is 0 Å². The monoisotopic (exact) mass is 381 g/mol. The molecular formula is C20H19N3O5. The predicted octanol–water partition coefficient (Wildman–Crippen LogP) is 3.60. The number of imidazole rings is 1. The lowest BCUT2D eigenvalue weighted by molar-refractivity contribution is -0.389. The summed E-state index contributed by atoms with van der Waals surface area (Å²) in [7, 11) is 0. The first-order valence-corrected chi connectivity index (χ1v) is 8.95. The molecule has 1 unspecified atom stereocenters. The van der Waals surface area contributed by atoms with Crippen molar-refractivity contribution < 1.29 is 19.1 Å². The number of hydrogen-bond acceptors (Lipinski definition) is 6. The van der Waals surface area contributed by atoms with Gasteiger partial charge in [-0.05, 0) is 34.8 Å². The quantitative estimate of drug-likeness (QED) is 0.459. The summed E-state index contributed by atoms with van der Waals surface area (Å²) in [5, 5.41) is 10.8. The molecule has 0 saturated heterocycles. The van der Waals surface area contributed by atoms with Gasteiger partial charge in [-0.15, -0.1) is 0 Å². The van der Waals surface area contributed by atoms with Gasteiger partial charge in [0.2, 0.25) is 0 Å². The van der Waals surface area contributed by atoms with Gasteiger partial charge in [0, 0.05) is 17.9 Å². The number of nitro groups is 1. The maximum absolute atomic E-state index is 10.8. The van der Waals surface area contributed by atoms with Crippen LogP contribution >= 0.6 is 0 Å². The van der Waals surface area contributed by atoms with Crippen LogP contribution in [0.5, 0.6) is 17.5 Å². The molecule has 0 aliphatic carbocycles. The normalized spacial score (nSPS) is 15.4. The molecule has 0 fully saturated rings. The fourth-order valence-electron chi connectivity index (χ4n) is 2.90. The maximum atomic E-state index is 10.8. The van der Waals surface area contributed by atoms with Crippen molar-refractivity contribution in [2.45, 2.75) is 25.7 Å². The lowest BCUT2D eigenvalue weighted by Gasteiger charge is -2.22. The SMILES string of the molecule is O=[N+]([O-])c1cn2c(n1)OC(COc1ccc(OCc3ccccc3)cc1)CC2. The lowest BCUT2D eigenvalue weighted by Crippen LogP contribution is -2.31. The second kappa shape index (κ2) is 7.99. The lowest BCUT2D eigenvalue weighted by atomic mass is 10.2. The molecule has 1 aliphatic heterocycles. The minimum Gasteiger partial charge on any atom is -0.490 e. The topological polar surface area (TPSA) is 88.7 Å². The Hall–Kier alpha value is -3.55. The Morgan fingerprint density at radius 3 is 2.54 bits per heavy atom. The minimum absolute atomic E-state index is 0.205. The summed E-state index contributed by atoms with van der Waals surface area (Å²) in [6, 6.07) is 17.6. The number of benzene rings is 2. The van der Waals surface area contributed by atoms with E-state index in [9.17, 15) is 10.1 Å². The van der Waals surface area contributed by atoms with Crippen LogP contribution in [0, 0.1) is 10.1 Å². The summed E-state index contributed by atoms with van der Waals surface area (Å²) >= 11 is 0. The van der Waals surface area contributed by atoms with Crippen LogP contribution in [0.3, 0.4) is 0 Å². The van der Waals surface area contributed by atoms with Crippen molar-refractivity contribution in [3.8, 4) is 17.5 Å². The molecule has 1 aliphatic rings. The Kier molecular flexibility index (Phi) is 5.09. The third-order valence-electron chi connectivity index (χ3n) is 4.39. The van der Waals surface area contributed by atoms with E-state index in [1.54, 1.807) is 4.57 Å². The average molecular weight is 381 g/mol. The molecule has 28 heavy (non-hydrogen) atoms. The summed E-state index contributed by atoms with van der Waals surface area (Å²) in [5.41, 5.74) is 1.11. The number of ether oxygens (including phenoxy) is 3. The highest BCUT2D eigenvalue weighted by atomic mass is 16.6. The van der Waals surface area contributed by atoms with Crippen LogP contribution in [0.2, 0.25) is 0 Å². The smallest absolute Gasteiger partial charge is 0.414 e. The van der Waals surface area contributed by atoms with Crippen LogP contribution in [0.25, 0.3) is 0 Å². The van der Waals surface area contributed by atoms with E-state index >= 15 is 0 Å². The molecule has 0 bridgehead atoms. The van der Waals surface area contributed by atoms with E-state index in [1.165, 1.54) is 6.20 Å². The average Bonchev–Trinajstić information content (AvgIpc) is 3.16. The highest BCUT2D eigenvalue weighted by Crippen LogP contribution is 2.25. The first-order chi connectivity index (χ1) is 13.7. The van der Waals surface area contributed by atoms with Crippen molar-refractivity contribution in [3.63, 3.8) is 0 Å². The number of rotatable bonds is 7. The van der Waals surface area contributed by atoms with Crippen LogP contribution in [-0.4, -0.2) is 27.2 Å². The van der Waals surface area contributed by atoms with Crippen molar-refractivity contribution in [1.82, 2.24) is 9.55 Å². The van der Waals surface area contributed by atoms with Gasteiger partial charge in [-0.3, -0.25) is 4.57 Å². The van der Waals surface area contributed by atoms with Crippen molar-refractivity contribution >= 4 is 5.82 Å². The van der Waals surface area contributed by atoms with Gasteiger partial charge in [-0.25, -0.2) is 0 Å². The van der Waals surface area contributed by atoms with Gasteiger partial charge in [0.15, 0.2) is 0 Å². The van der Waals surface area contributed by atoms with Crippen LogP contribution in [0.1, 0.15) is 12.0 Å². The number of aryl methyl sites for hydroxylation is 1. The Morgan fingerprint density at radius 2 is 1.82 bits per heavy atom. The number of nitrogens with zero attached hydrogens (tertiary/aromatic N) is 3. The second-order valence-electron chi connectivity index (χ2n) is 6.42. The summed E-state index contributed by atoms with van der Waals surface area (Å²) in [5.74, 6) is 1.26.